The summed E-state index contributed by atoms with van der Waals surface area (Å²) in [5.74, 6) is 1.81. The second-order valence-electron chi connectivity index (χ2n) is 4.18. The van der Waals surface area contributed by atoms with Crippen LogP contribution in [0.2, 0.25) is 0 Å². The Balaban J connectivity index is 2.46. The minimum Gasteiger partial charge on any atom is -0.309 e. The monoisotopic (exact) mass is 224 g/mol. The largest absolute Gasteiger partial charge is 0.309 e. The van der Waals surface area contributed by atoms with Crippen molar-refractivity contribution in [2.24, 2.45) is 12.5 Å². The number of aromatic nitrogens is 3. The maximum Gasteiger partial charge on any atom is 0.190 e. The van der Waals surface area contributed by atoms with E-state index in [1.165, 1.54) is 0 Å². The van der Waals surface area contributed by atoms with E-state index in [0.717, 1.165) is 23.2 Å². The molecule has 1 aromatic rings. The minimum absolute atomic E-state index is 0.249. The Morgan fingerprint density at radius 2 is 2.13 bits per heavy atom. The molecule has 0 aliphatic rings. The Kier molecular flexibility index (Phi) is 3.75. The van der Waals surface area contributed by atoms with Gasteiger partial charge in [0.2, 0.25) is 0 Å². The van der Waals surface area contributed by atoms with Gasteiger partial charge in [0.15, 0.2) is 5.16 Å². The van der Waals surface area contributed by atoms with Crippen LogP contribution in [-0.4, -0.2) is 20.5 Å². The maximum absolute atomic E-state index is 8.86. The first-order valence-corrected chi connectivity index (χ1v) is 5.85. The topological polar surface area (TPSA) is 54.5 Å². The van der Waals surface area contributed by atoms with Crippen LogP contribution in [0.5, 0.6) is 0 Å². The van der Waals surface area contributed by atoms with Crippen LogP contribution in [0.25, 0.3) is 0 Å². The molecule has 0 spiro atoms. The van der Waals surface area contributed by atoms with Crippen molar-refractivity contribution in [3.63, 3.8) is 0 Å². The molecule has 15 heavy (non-hydrogen) atoms. The van der Waals surface area contributed by atoms with E-state index in [4.69, 9.17) is 5.26 Å². The van der Waals surface area contributed by atoms with Crippen LogP contribution in [0, 0.1) is 23.7 Å². The molecule has 0 bridgehead atoms. The lowest BCUT2D eigenvalue weighted by atomic mass is 9.93. The number of aryl methyl sites for hydroxylation is 1. The van der Waals surface area contributed by atoms with Gasteiger partial charge in [-0.3, -0.25) is 0 Å². The number of rotatable bonds is 4. The van der Waals surface area contributed by atoms with Gasteiger partial charge in [-0.15, -0.1) is 10.2 Å². The van der Waals surface area contributed by atoms with Gasteiger partial charge in [0, 0.05) is 12.8 Å². The van der Waals surface area contributed by atoms with Crippen LogP contribution in [0.4, 0.5) is 0 Å². The molecule has 0 aliphatic carbocycles. The van der Waals surface area contributed by atoms with Crippen LogP contribution >= 0.6 is 11.8 Å². The number of thioether (sulfide) groups is 1. The normalized spacial score (nSPS) is 11.4. The Hall–Kier alpha value is -1.02. The lowest BCUT2D eigenvalue weighted by Crippen LogP contribution is -2.09. The number of nitriles is 1. The van der Waals surface area contributed by atoms with Gasteiger partial charge in [0.05, 0.1) is 11.5 Å². The highest BCUT2D eigenvalue weighted by atomic mass is 32.2. The Bertz CT molecular complexity index is 375. The van der Waals surface area contributed by atoms with E-state index in [0.29, 0.717) is 0 Å². The van der Waals surface area contributed by atoms with Crippen LogP contribution in [0.15, 0.2) is 5.16 Å². The molecular weight excluding hydrogens is 208 g/mol. The molecule has 0 atom stereocenters. The van der Waals surface area contributed by atoms with Gasteiger partial charge in [0.1, 0.15) is 5.82 Å². The van der Waals surface area contributed by atoms with Crippen molar-refractivity contribution in [2.45, 2.75) is 32.3 Å². The molecule has 4 nitrogen and oxygen atoms in total. The van der Waals surface area contributed by atoms with Crippen molar-refractivity contribution < 1.29 is 0 Å². The molecule has 0 unspecified atom stereocenters. The molecule has 5 heteroatoms. The average molecular weight is 224 g/mol. The zero-order valence-electron chi connectivity index (χ0n) is 9.61. The molecule has 0 saturated carbocycles. The molecule has 0 radical (unpaired) electrons. The van der Waals surface area contributed by atoms with E-state index in [1.54, 1.807) is 11.8 Å². The summed E-state index contributed by atoms with van der Waals surface area (Å²) in [6.07, 6.45) is 0.861. The lowest BCUT2D eigenvalue weighted by molar-refractivity contribution is 0.481. The molecule has 82 valence electrons. The summed E-state index contributed by atoms with van der Waals surface area (Å²) in [4.78, 5) is 0. The van der Waals surface area contributed by atoms with Crippen molar-refractivity contribution in [3.8, 4) is 6.07 Å². The summed E-state index contributed by atoms with van der Waals surface area (Å²) in [7, 11) is 1.95. The lowest BCUT2D eigenvalue weighted by Gasteiger charge is -2.13. The molecule has 1 rings (SSSR count). The fraction of sp³-hybridized carbons (Fsp3) is 0.700. The predicted octanol–water partition coefficient (Wildman–Crippen LogP) is 2.16. The second-order valence-corrected chi connectivity index (χ2v) is 5.25. The van der Waals surface area contributed by atoms with Crippen molar-refractivity contribution in [2.75, 3.05) is 5.75 Å². The van der Waals surface area contributed by atoms with E-state index >= 15 is 0 Å². The SMILES string of the molecule is Cc1nnc(SCCC(C)(C)C#N)n1C. The smallest absolute Gasteiger partial charge is 0.190 e. The van der Waals surface area contributed by atoms with Crippen molar-refractivity contribution >= 4 is 11.8 Å². The van der Waals surface area contributed by atoms with Gasteiger partial charge < -0.3 is 4.57 Å². The van der Waals surface area contributed by atoms with Gasteiger partial charge in [-0.1, -0.05) is 11.8 Å². The molecule has 0 aliphatic heterocycles. The number of hydrogen-bond donors (Lipinski definition) is 0. The summed E-state index contributed by atoms with van der Waals surface area (Å²) in [5, 5.41) is 17.8. The van der Waals surface area contributed by atoms with E-state index < -0.39 is 0 Å². The summed E-state index contributed by atoms with van der Waals surface area (Å²) < 4.78 is 1.96. The van der Waals surface area contributed by atoms with Crippen molar-refractivity contribution in [1.82, 2.24) is 14.8 Å². The molecular formula is C10H16N4S. The summed E-state index contributed by atoms with van der Waals surface area (Å²) in [5.41, 5.74) is -0.249. The molecule has 0 aromatic carbocycles. The first kappa shape index (κ1) is 12.1. The molecule has 1 aromatic heterocycles. The second kappa shape index (κ2) is 4.67. The number of hydrogen-bond acceptors (Lipinski definition) is 4. The fourth-order valence-electron chi connectivity index (χ4n) is 0.967. The van der Waals surface area contributed by atoms with Gasteiger partial charge in [0.25, 0.3) is 0 Å². The molecule has 0 saturated heterocycles. The average Bonchev–Trinajstić information content (AvgIpc) is 2.49. The number of nitrogens with zero attached hydrogens (tertiary/aromatic N) is 4. The quantitative estimate of drug-likeness (QED) is 0.735. The molecule has 0 N–H and O–H groups in total. The van der Waals surface area contributed by atoms with Gasteiger partial charge in [-0.05, 0) is 27.2 Å². The van der Waals surface area contributed by atoms with E-state index in [9.17, 15) is 0 Å². The standard InChI is InChI=1S/C10H16N4S/c1-8-12-13-9(14(8)4)15-6-5-10(2,3)7-11/h5-6H2,1-4H3. The zero-order chi connectivity index (χ0) is 11.5. The summed E-state index contributed by atoms with van der Waals surface area (Å²) in [6, 6.07) is 2.29. The molecule has 0 amide bonds. The molecule has 0 fully saturated rings. The van der Waals surface area contributed by atoms with Crippen LogP contribution < -0.4 is 0 Å². The third-order valence-corrected chi connectivity index (χ3v) is 3.34. The van der Waals surface area contributed by atoms with Crippen LogP contribution in [0.3, 0.4) is 0 Å². The van der Waals surface area contributed by atoms with Crippen molar-refractivity contribution in [3.05, 3.63) is 5.82 Å². The van der Waals surface area contributed by atoms with Gasteiger partial charge in [-0.2, -0.15) is 5.26 Å². The zero-order valence-corrected chi connectivity index (χ0v) is 10.4. The van der Waals surface area contributed by atoms with Gasteiger partial charge >= 0.3 is 0 Å². The van der Waals surface area contributed by atoms with Gasteiger partial charge in [-0.25, -0.2) is 0 Å². The van der Waals surface area contributed by atoms with E-state index in [-0.39, 0.29) is 5.41 Å². The van der Waals surface area contributed by atoms with E-state index in [2.05, 4.69) is 16.3 Å². The third kappa shape index (κ3) is 3.24. The Labute approximate surface area is 94.7 Å². The maximum atomic E-state index is 8.86. The highest BCUT2D eigenvalue weighted by Gasteiger charge is 2.16. The first-order valence-electron chi connectivity index (χ1n) is 4.86. The summed E-state index contributed by atoms with van der Waals surface area (Å²) >= 11 is 1.65. The highest BCUT2D eigenvalue weighted by Crippen LogP contribution is 2.24. The van der Waals surface area contributed by atoms with E-state index in [1.807, 2.05) is 32.4 Å². The van der Waals surface area contributed by atoms with Crippen LogP contribution in [-0.2, 0) is 7.05 Å². The Morgan fingerprint density at radius 3 is 2.60 bits per heavy atom. The minimum atomic E-state index is -0.249. The molecule has 1 heterocycles. The predicted molar refractivity (Wildman–Crippen MR) is 60.5 cm³/mol. The third-order valence-electron chi connectivity index (χ3n) is 2.31. The first-order chi connectivity index (χ1) is 6.96. The van der Waals surface area contributed by atoms with Crippen LogP contribution in [0.1, 0.15) is 26.1 Å². The Morgan fingerprint density at radius 1 is 1.47 bits per heavy atom. The fourth-order valence-corrected chi connectivity index (χ4v) is 2.19. The summed E-state index contributed by atoms with van der Waals surface area (Å²) in [6.45, 7) is 5.83. The van der Waals surface area contributed by atoms with Crippen molar-refractivity contribution in [1.29, 1.82) is 5.26 Å². The highest BCUT2D eigenvalue weighted by molar-refractivity contribution is 7.99.